The molecular weight excluding hydrogens is 364 g/mol. The lowest BCUT2D eigenvalue weighted by Gasteiger charge is -2.35. The SMILES string of the molecule is CN(C)C(=O)CN1CCN(C[C@H](CC(=O)Nc2ccccc2O)C(=O)O)CC1. The van der Waals surface area contributed by atoms with Gasteiger partial charge in [-0.3, -0.25) is 24.2 Å². The van der Waals surface area contributed by atoms with Crippen molar-refractivity contribution in [2.75, 3.05) is 58.7 Å². The number of carboxylic acid groups (broad SMARTS) is 1. The molecule has 0 radical (unpaired) electrons. The lowest BCUT2D eigenvalue weighted by atomic mass is 10.0. The van der Waals surface area contributed by atoms with Gasteiger partial charge in [0.1, 0.15) is 5.75 Å². The van der Waals surface area contributed by atoms with Gasteiger partial charge >= 0.3 is 5.97 Å². The highest BCUT2D eigenvalue weighted by Gasteiger charge is 2.27. The third-order valence-electron chi connectivity index (χ3n) is 4.76. The molecule has 0 saturated carbocycles. The monoisotopic (exact) mass is 392 g/mol. The molecule has 0 spiro atoms. The van der Waals surface area contributed by atoms with Crippen molar-refractivity contribution in [2.45, 2.75) is 6.42 Å². The molecule has 154 valence electrons. The summed E-state index contributed by atoms with van der Waals surface area (Å²) in [5, 5.41) is 21.8. The first-order chi connectivity index (χ1) is 13.3. The van der Waals surface area contributed by atoms with Gasteiger partial charge in [0.25, 0.3) is 0 Å². The average Bonchev–Trinajstić information content (AvgIpc) is 2.64. The average molecular weight is 392 g/mol. The molecule has 1 saturated heterocycles. The summed E-state index contributed by atoms with van der Waals surface area (Å²) in [6.07, 6.45) is -0.178. The molecule has 0 aliphatic carbocycles. The number of nitrogens with one attached hydrogen (secondary N) is 1. The summed E-state index contributed by atoms with van der Waals surface area (Å²) in [6.45, 7) is 3.26. The van der Waals surface area contributed by atoms with Crippen molar-refractivity contribution in [2.24, 2.45) is 5.92 Å². The van der Waals surface area contributed by atoms with E-state index < -0.39 is 17.8 Å². The molecule has 1 atom stereocenters. The van der Waals surface area contributed by atoms with Gasteiger partial charge in [0.05, 0.1) is 18.2 Å². The predicted octanol–water partition coefficient (Wildman–Crippen LogP) is 0.127. The molecule has 9 nitrogen and oxygen atoms in total. The van der Waals surface area contributed by atoms with Gasteiger partial charge in [-0.2, -0.15) is 0 Å². The van der Waals surface area contributed by atoms with Gasteiger partial charge < -0.3 is 20.4 Å². The number of benzene rings is 1. The maximum absolute atomic E-state index is 12.2. The number of carbonyl (C=O) groups excluding carboxylic acids is 2. The fourth-order valence-corrected chi connectivity index (χ4v) is 3.01. The summed E-state index contributed by atoms with van der Waals surface area (Å²) in [5.41, 5.74) is 0.260. The van der Waals surface area contributed by atoms with Gasteiger partial charge in [-0.1, -0.05) is 12.1 Å². The lowest BCUT2D eigenvalue weighted by Crippen LogP contribution is -2.50. The number of aliphatic carboxylic acids is 1. The molecule has 0 bridgehead atoms. The van der Waals surface area contributed by atoms with Crippen molar-refractivity contribution in [3.8, 4) is 5.75 Å². The van der Waals surface area contributed by atoms with Crippen LogP contribution in [0.1, 0.15) is 6.42 Å². The number of likely N-dealkylation sites (N-methyl/N-ethyl adjacent to an activating group) is 1. The standard InChI is InChI=1S/C19H28N4O5/c1-21(2)18(26)13-23-9-7-22(8-10-23)12-14(19(27)28)11-17(25)20-15-5-3-4-6-16(15)24/h3-6,14,24H,7-13H2,1-2H3,(H,20,25)(H,27,28)/t14-/m0/s1. The molecule has 28 heavy (non-hydrogen) atoms. The number of piperazine rings is 1. The molecule has 3 N–H and O–H groups in total. The van der Waals surface area contributed by atoms with E-state index in [1.165, 1.54) is 6.07 Å². The first kappa shape index (κ1) is 21.6. The van der Waals surface area contributed by atoms with Crippen LogP contribution in [0.4, 0.5) is 5.69 Å². The second kappa shape index (κ2) is 10.0. The van der Waals surface area contributed by atoms with Crippen LogP contribution in [-0.2, 0) is 14.4 Å². The molecule has 0 unspecified atom stereocenters. The number of phenolic OH excluding ortho intramolecular Hbond substituents is 1. The van der Waals surface area contributed by atoms with Gasteiger partial charge in [-0.25, -0.2) is 0 Å². The Morgan fingerprint density at radius 1 is 1.11 bits per heavy atom. The molecule has 1 aliphatic heterocycles. The minimum atomic E-state index is -1.03. The maximum atomic E-state index is 12.2. The number of nitrogens with zero attached hydrogens (tertiary/aromatic N) is 3. The van der Waals surface area contributed by atoms with Crippen LogP contribution in [0, 0.1) is 5.92 Å². The number of amides is 2. The van der Waals surface area contributed by atoms with Crippen molar-refractivity contribution in [1.29, 1.82) is 0 Å². The van der Waals surface area contributed by atoms with E-state index in [0.29, 0.717) is 32.7 Å². The van der Waals surface area contributed by atoms with E-state index in [4.69, 9.17) is 0 Å². The van der Waals surface area contributed by atoms with Crippen molar-refractivity contribution in [3.05, 3.63) is 24.3 Å². The Morgan fingerprint density at radius 2 is 1.71 bits per heavy atom. The highest BCUT2D eigenvalue weighted by Crippen LogP contribution is 2.22. The van der Waals surface area contributed by atoms with Crippen LogP contribution >= 0.6 is 0 Å². The maximum Gasteiger partial charge on any atom is 0.308 e. The molecule has 9 heteroatoms. The fraction of sp³-hybridized carbons (Fsp3) is 0.526. The summed E-state index contributed by atoms with van der Waals surface area (Å²) in [4.78, 5) is 41.2. The minimum Gasteiger partial charge on any atom is -0.506 e. The summed E-state index contributed by atoms with van der Waals surface area (Å²) in [5.74, 6) is -2.36. The molecule has 0 aromatic heterocycles. The third-order valence-corrected chi connectivity index (χ3v) is 4.76. The summed E-state index contributed by atoms with van der Waals surface area (Å²) in [6, 6.07) is 6.31. The summed E-state index contributed by atoms with van der Waals surface area (Å²) < 4.78 is 0. The quantitative estimate of drug-likeness (QED) is 0.539. The van der Waals surface area contributed by atoms with Crippen LogP contribution < -0.4 is 5.32 Å². The molecule has 1 aromatic rings. The largest absolute Gasteiger partial charge is 0.506 e. The smallest absolute Gasteiger partial charge is 0.308 e. The minimum absolute atomic E-state index is 0.0395. The summed E-state index contributed by atoms with van der Waals surface area (Å²) in [7, 11) is 3.44. The van der Waals surface area contributed by atoms with Crippen LogP contribution in [0.5, 0.6) is 5.75 Å². The first-order valence-electron chi connectivity index (χ1n) is 9.21. The fourth-order valence-electron chi connectivity index (χ4n) is 3.01. The Hall–Kier alpha value is -2.65. The van der Waals surface area contributed by atoms with Crippen LogP contribution in [-0.4, -0.2) is 96.1 Å². The van der Waals surface area contributed by atoms with Gasteiger partial charge in [0, 0.05) is 53.2 Å². The number of para-hydroxylation sites is 2. The van der Waals surface area contributed by atoms with Crippen molar-refractivity contribution in [3.63, 3.8) is 0 Å². The molecule has 1 aromatic carbocycles. The molecule has 2 amide bonds. The van der Waals surface area contributed by atoms with E-state index in [-0.39, 0.29) is 30.3 Å². The zero-order chi connectivity index (χ0) is 20.7. The molecule has 1 fully saturated rings. The number of carbonyl (C=O) groups is 3. The number of hydrogen-bond acceptors (Lipinski definition) is 6. The van der Waals surface area contributed by atoms with Crippen LogP contribution in [0.3, 0.4) is 0 Å². The Balaban J connectivity index is 1.83. The Labute approximate surface area is 164 Å². The zero-order valence-corrected chi connectivity index (χ0v) is 16.3. The van der Waals surface area contributed by atoms with Gasteiger partial charge in [0.15, 0.2) is 0 Å². The van der Waals surface area contributed by atoms with E-state index in [0.717, 1.165) is 0 Å². The molecular formula is C19H28N4O5. The number of rotatable bonds is 8. The van der Waals surface area contributed by atoms with E-state index in [9.17, 15) is 24.6 Å². The molecule has 1 aliphatic rings. The van der Waals surface area contributed by atoms with Crippen LogP contribution in [0.15, 0.2) is 24.3 Å². The van der Waals surface area contributed by atoms with Crippen molar-refractivity contribution < 1.29 is 24.6 Å². The molecule has 1 heterocycles. The van der Waals surface area contributed by atoms with E-state index in [2.05, 4.69) is 5.32 Å². The number of anilines is 1. The number of aromatic hydroxyl groups is 1. The summed E-state index contributed by atoms with van der Waals surface area (Å²) >= 11 is 0. The normalized spacial score (nSPS) is 16.4. The van der Waals surface area contributed by atoms with E-state index in [1.54, 1.807) is 37.2 Å². The second-order valence-electron chi connectivity index (χ2n) is 7.17. The van der Waals surface area contributed by atoms with Gasteiger partial charge in [-0.05, 0) is 12.1 Å². The molecule has 2 rings (SSSR count). The number of carboxylic acids is 1. The van der Waals surface area contributed by atoms with Crippen LogP contribution in [0.25, 0.3) is 0 Å². The second-order valence-corrected chi connectivity index (χ2v) is 7.17. The van der Waals surface area contributed by atoms with E-state index in [1.807, 2.05) is 9.80 Å². The highest BCUT2D eigenvalue weighted by atomic mass is 16.4. The third kappa shape index (κ3) is 6.50. The zero-order valence-electron chi connectivity index (χ0n) is 16.3. The number of phenols is 1. The lowest BCUT2D eigenvalue weighted by molar-refractivity contribution is -0.144. The Kier molecular flexibility index (Phi) is 7.77. The van der Waals surface area contributed by atoms with Gasteiger partial charge in [-0.15, -0.1) is 0 Å². The Bertz CT molecular complexity index is 701. The van der Waals surface area contributed by atoms with E-state index >= 15 is 0 Å². The predicted molar refractivity (Wildman–Crippen MR) is 104 cm³/mol. The highest BCUT2D eigenvalue weighted by molar-refractivity contribution is 5.94. The van der Waals surface area contributed by atoms with Gasteiger partial charge in [0.2, 0.25) is 11.8 Å². The Morgan fingerprint density at radius 3 is 2.29 bits per heavy atom. The van der Waals surface area contributed by atoms with Crippen molar-refractivity contribution >= 4 is 23.5 Å². The first-order valence-corrected chi connectivity index (χ1v) is 9.21. The number of hydrogen-bond donors (Lipinski definition) is 3. The van der Waals surface area contributed by atoms with Crippen LogP contribution in [0.2, 0.25) is 0 Å². The van der Waals surface area contributed by atoms with Crippen molar-refractivity contribution in [1.82, 2.24) is 14.7 Å². The topological polar surface area (TPSA) is 113 Å².